The van der Waals surface area contributed by atoms with Crippen LogP contribution >= 0.6 is 0 Å². The molecule has 0 spiro atoms. The van der Waals surface area contributed by atoms with Crippen molar-refractivity contribution in [2.24, 2.45) is 0 Å². The molecule has 1 saturated heterocycles. The second-order valence-electron chi connectivity index (χ2n) is 7.32. The highest BCUT2D eigenvalue weighted by molar-refractivity contribution is 5.99. The van der Waals surface area contributed by atoms with Gasteiger partial charge >= 0.3 is 0 Å². The zero-order chi connectivity index (χ0) is 22.4. The Bertz CT molecular complexity index is 899. The molecule has 0 bridgehead atoms. The van der Waals surface area contributed by atoms with Crippen LogP contribution < -0.4 is 24.4 Å². The minimum atomic E-state index is -0.284. The molecule has 2 aromatic carbocycles. The Hall–Kier alpha value is -3.22. The van der Waals surface area contributed by atoms with Crippen LogP contribution in [0.1, 0.15) is 43.1 Å². The maximum Gasteiger partial charge on any atom is 0.251 e. The van der Waals surface area contributed by atoms with Crippen molar-refractivity contribution >= 4 is 17.5 Å². The predicted molar refractivity (Wildman–Crippen MR) is 119 cm³/mol. The summed E-state index contributed by atoms with van der Waals surface area (Å²) in [5.74, 6) is 1.12. The fourth-order valence-electron chi connectivity index (χ4n) is 3.57. The molecule has 166 valence electrons. The maximum atomic E-state index is 13.0. The fourth-order valence-corrected chi connectivity index (χ4v) is 3.57. The Balaban J connectivity index is 1.78. The van der Waals surface area contributed by atoms with Gasteiger partial charge in [0, 0.05) is 24.2 Å². The standard InChI is InChI=1S/C24H30N2O5/c1-5-29-20-12-17(13-21(30-6-2)23(20)31-7-3)24(28)25-18-14-22(27)26(15-18)19-10-8-16(4)9-11-19/h8-13,18H,5-7,14-15H2,1-4H3,(H,25,28). The van der Waals surface area contributed by atoms with Gasteiger partial charge in [-0.05, 0) is 52.0 Å². The minimum absolute atomic E-state index is 0.00847. The predicted octanol–water partition coefficient (Wildman–Crippen LogP) is 3.73. The van der Waals surface area contributed by atoms with Crippen LogP contribution in [-0.2, 0) is 4.79 Å². The van der Waals surface area contributed by atoms with Gasteiger partial charge < -0.3 is 24.4 Å². The maximum absolute atomic E-state index is 13.0. The van der Waals surface area contributed by atoms with Crippen LogP contribution in [-0.4, -0.2) is 44.2 Å². The number of hydrogen-bond donors (Lipinski definition) is 1. The molecule has 0 aliphatic carbocycles. The second-order valence-corrected chi connectivity index (χ2v) is 7.32. The Morgan fingerprint density at radius 3 is 2.13 bits per heavy atom. The number of nitrogens with one attached hydrogen (secondary N) is 1. The molecule has 31 heavy (non-hydrogen) atoms. The van der Waals surface area contributed by atoms with E-state index in [4.69, 9.17) is 14.2 Å². The molecule has 0 aromatic heterocycles. The topological polar surface area (TPSA) is 77.1 Å². The molecule has 1 aliphatic rings. The number of rotatable bonds is 9. The zero-order valence-electron chi connectivity index (χ0n) is 18.6. The molecular formula is C24H30N2O5. The first-order valence-electron chi connectivity index (χ1n) is 10.7. The lowest BCUT2D eigenvalue weighted by molar-refractivity contribution is -0.117. The summed E-state index contributed by atoms with van der Waals surface area (Å²) in [6.45, 7) is 9.36. The van der Waals surface area contributed by atoms with Gasteiger partial charge in [0.2, 0.25) is 11.7 Å². The number of amides is 2. The number of carbonyl (C=O) groups excluding carboxylic acids is 2. The lowest BCUT2D eigenvalue weighted by atomic mass is 10.1. The number of nitrogens with zero attached hydrogens (tertiary/aromatic N) is 1. The van der Waals surface area contributed by atoms with Crippen molar-refractivity contribution < 1.29 is 23.8 Å². The average Bonchev–Trinajstić information content (AvgIpc) is 3.11. The van der Waals surface area contributed by atoms with Gasteiger partial charge in [-0.1, -0.05) is 17.7 Å². The molecule has 2 amide bonds. The van der Waals surface area contributed by atoms with Gasteiger partial charge in [-0.25, -0.2) is 0 Å². The summed E-state index contributed by atoms with van der Waals surface area (Å²) in [5, 5.41) is 2.97. The lowest BCUT2D eigenvalue weighted by Crippen LogP contribution is -2.37. The van der Waals surface area contributed by atoms with Crippen molar-refractivity contribution in [3.05, 3.63) is 47.5 Å². The molecule has 1 heterocycles. The summed E-state index contributed by atoms with van der Waals surface area (Å²) in [5.41, 5.74) is 2.37. The largest absolute Gasteiger partial charge is 0.490 e. The van der Waals surface area contributed by atoms with Gasteiger partial charge in [-0.15, -0.1) is 0 Å². The summed E-state index contributed by atoms with van der Waals surface area (Å²) in [6.07, 6.45) is 0.257. The van der Waals surface area contributed by atoms with Crippen molar-refractivity contribution in [1.82, 2.24) is 5.32 Å². The Kier molecular flexibility index (Phi) is 7.39. The number of anilines is 1. The van der Waals surface area contributed by atoms with Crippen molar-refractivity contribution in [2.45, 2.75) is 40.2 Å². The first-order chi connectivity index (χ1) is 15.0. The Labute approximate surface area is 183 Å². The van der Waals surface area contributed by atoms with Crippen molar-refractivity contribution in [2.75, 3.05) is 31.3 Å². The average molecular weight is 427 g/mol. The van der Waals surface area contributed by atoms with E-state index in [2.05, 4.69) is 5.32 Å². The number of aryl methyl sites for hydroxylation is 1. The number of ether oxygens (including phenoxy) is 3. The Morgan fingerprint density at radius 2 is 1.58 bits per heavy atom. The summed E-state index contributed by atoms with van der Waals surface area (Å²) in [6, 6.07) is 10.8. The number of benzene rings is 2. The third kappa shape index (κ3) is 5.29. The van der Waals surface area contributed by atoms with Crippen molar-refractivity contribution in [1.29, 1.82) is 0 Å². The van der Waals surface area contributed by atoms with Gasteiger partial charge in [0.25, 0.3) is 5.91 Å². The molecule has 2 aromatic rings. The van der Waals surface area contributed by atoms with Crippen LogP contribution in [0, 0.1) is 6.92 Å². The van der Waals surface area contributed by atoms with Crippen LogP contribution in [0.2, 0.25) is 0 Å². The quantitative estimate of drug-likeness (QED) is 0.661. The van der Waals surface area contributed by atoms with Crippen LogP contribution in [0.25, 0.3) is 0 Å². The van der Waals surface area contributed by atoms with E-state index in [1.165, 1.54) is 0 Å². The SMILES string of the molecule is CCOc1cc(C(=O)NC2CC(=O)N(c3ccc(C)cc3)C2)cc(OCC)c1OCC. The number of carbonyl (C=O) groups is 2. The summed E-state index contributed by atoms with van der Waals surface area (Å²) < 4.78 is 17.1. The van der Waals surface area contributed by atoms with E-state index in [-0.39, 0.29) is 24.3 Å². The summed E-state index contributed by atoms with van der Waals surface area (Å²) >= 11 is 0. The molecule has 1 N–H and O–H groups in total. The molecule has 1 aliphatic heterocycles. The fraction of sp³-hybridized carbons (Fsp3) is 0.417. The number of hydrogen-bond acceptors (Lipinski definition) is 5. The van der Waals surface area contributed by atoms with Crippen molar-refractivity contribution in [3.8, 4) is 17.2 Å². The van der Waals surface area contributed by atoms with E-state index in [1.807, 2.05) is 52.0 Å². The first kappa shape index (κ1) is 22.5. The summed E-state index contributed by atoms with van der Waals surface area (Å²) in [4.78, 5) is 27.2. The second kappa shape index (κ2) is 10.2. The Morgan fingerprint density at radius 1 is 1.00 bits per heavy atom. The van der Waals surface area contributed by atoms with Gasteiger partial charge in [-0.3, -0.25) is 9.59 Å². The van der Waals surface area contributed by atoms with Gasteiger partial charge in [0.05, 0.1) is 25.9 Å². The van der Waals surface area contributed by atoms with E-state index in [1.54, 1.807) is 17.0 Å². The monoisotopic (exact) mass is 426 g/mol. The molecule has 7 nitrogen and oxygen atoms in total. The van der Waals surface area contributed by atoms with Crippen LogP contribution in [0.3, 0.4) is 0 Å². The molecule has 3 rings (SSSR count). The highest BCUT2D eigenvalue weighted by Crippen LogP contribution is 2.39. The van der Waals surface area contributed by atoms with Gasteiger partial charge in [-0.2, -0.15) is 0 Å². The highest BCUT2D eigenvalue weighted by Gasteiger charge is 2.32. The molecule has 0 radical (unpaired) electrons. The van der Waals surface area contributed by atoms with E-state index < -0.39 is 0 Å². The smallest absolute Gasteiger partial charge is 0.251 e. The highest BCUT2D eigenvalue weighted by atomic mass is 16.5. The molecule has 1 atom stereocenters. The van der Waals surface area contributed by atoms with E-state index in [9.17, 15) is 9.59 Å². The minimum Gasteiger partial charge on any atom is -0.490 e. The zero-order valence-corrected chi connectivity index (χ0v) is 18.6. The normalized spacial score (nSPS) is 15.7. The van der Waals surface area contributed by atoms with Gasteiger partial charge in [0.1, 0.15) is 0 Å². The molecule has 0 saturated carbocycles. The van der Waals surface area contributed by atoms with E-state index >= 15 is 0 Å². The molecular weight excluding hydrogens is 396 g/mol. The van der Waals surface area contributed by atoms with E-state index in [0.717, 1.165) is 11.3 Å². The van der Waals surface area contributed by atoms with E-state index in [0.29, 0.717) is 49.2 Å². The molecule has 7 heteroatoms. The summed E-state index contributed by atoms with van der Waals surface area (Å²) in [7, 11) is 0. The van der Waals surface area contributed by atoms with Gasteiger partial charge in [0.15, 0.2) is 11.5 Å². The van der Waals surface area contributed by atoms with Crippen molar-refractivity contribution in [3.63, 3.8) is 0 Å². The van der Waals surface area contributed by atoms with Crippen LogP contribution in [0.5, 0.6) is 17.2 Å². The van der Waals surface area contributed by atoms with Crippen LogP contribution in [0.15, 0.2) is 36.4 Å². The lowest BCUT2D eigenvalue weighted by Gasteiger charge is -2.19. The molecule has 1 fully saturated rings. The van der Waals surface area contributed by atoms with Crippen LogP contribution in [0.4, 0.5) is 5.69 Å². The first-order valence-corrected chi connectivity index (χ1v) is 10.7. The third-order valence-corrected chi connectivity index (χ3v) is 4.98. The third-order valence-electron chi connectivity index (χ3n) is 4.98. The molecule has 1 unspecified atom stereocenters.